The first-order valence-electron chi connectivity index (χ1n) is 18.3. The number of aromatic nitrogens is 3. The van der Waals surface area contributed by atoms with Crippen LogP contribution < -0.4 is 0 Å². The van der Waals surface area contributed by atoms with Crippen LogP contribution in [0, 0.1) is 0 Å². The summed E-state index contributed by atoms with van der Waals surface area (Å²) in [4.78, 5) is 12.1. The van der Waals surface area contributed by atoms with E-state index in [0.717, 1.165) is 43.8 Å². The molecule has 12 rings (SSSR count). The summed E-state index contributed by atoms with van der Waals surface area (Å²) < 4.78 is 3.58. The maximum absolute atomic E-state index is 5.65. The first-order chi connectivity index (χ1) is 26.8. The second-order valence-electron chi connectivity index (χ2n) is 14.1. The van der Waals surface area contributed by atoms with Crippen LogP contribution in [0.2, 0.25) is 0 Å². The van der Waals surface area contributed by atoms with Crippen LogP contribution in [0.4, 0.5) is 0 Å². The molecule has 250 valence electrons. The molecule has 0 atom stereocenters. The first-order valence-corrected chi connectivity index (χ1v) is 19.2. The van der Waals surface area contributed by atoms with E-state index in [4.69, 9.17) is 9.97 Å². The predicted octanol–water partition coefficient (Wildman–Crippen LogP) is 13.2. The van der Waals surface area contributed by atoms with Crippen LogP contribution in [0.5, 0.6) is 0 Å². The normalized spacial score (nSPS) is 12.7. The molecule has 11 aromatic rings. The Labute approximate surface area is 314 Å². The molecule has 0 N–H and O–H groups in total. The average molecular weight is 704 g/mol. The highest BCUT2D eigenvalue weighted by Crippen LogP contribution is 2.50. The Hall–Kier alpha value is -6.88. The first kappa shape index (κ1) is 29.7. The Bertz CT molecular complexity index is 3370. The summed E-state index contributed by atoms with van der Waals surface area (Å²) >= 11 is 1.71. The van der Waals surface area contributed by atoms with Gasteiger partial charge < -0.3 is 0 Å². The highest BCUT2D eigenvalue weighted by Gasteiger charge is 2.29. The lowest BCUT2D eigenvalue weighted by atomic mass is 9.85. The van der Waals surface area contributed by atoms with Gasteiger partial charge in [-0.25, -0.2) is 9.97 Å². The van der Waals surface area contributed by atoms with Crippen LogP contribution >= 0.6 is 11.3 Å². The fourth-order valence-electron chi connectivity index (χ4n) is 8.85. The topological polar surface area (TPSA) is 30.7 Å². The Morgan fingerprint density at radius 1 is 0.426 bits per heavy atom. The Morgan fingerprint density at radius 3 is 1.85 bits per heavy atom. The molecule has 0 bridgehead atoms. The van der Waals surface area contributed by atoms with Crippen molar-refractivity contribution in [3.05, 3.63) is 198 Å². The standard InChI is InChI=1S/C50H29N3S/c1-3-14-31(15-4-1)42-37-21-11-19-33-27-28-40-46(44(33)37)45-38(43(42)32-16-5-2-6-17-32)22-12-23-39(45)53(40)49-47(35-26-25-30-13-7-8-18-34(30)29-35)52-50-48(51-49)36-20-9-10-24-41(36)54-50/h1-29H. The molecule has 3 heterocycles. The van der Waals surface area contributed by atoms with Crippen molar-refractivity contribution in [3.8, 4) is 17.1 Å². The summed E-state index contributed by atoms with van der Waals surface area (Å²) in [5, 5.41) is 8.48. The Kier molecular flexibility index (Phi) is 6.21. The van der Waals surface area contributed by atoms with Crippen LogP contribution in [0.1, 0.15) is 22.3 Å². The maximum atomic E-state index is 5.65. The van der Waals surface area contributed by atoms with Gasteiger partial charge in [0, 0.05) is 26.4 Å². The summed E-state index contributed by atoms with van der Waals surface area (Å²) in [6.45, 7) is 0. The van der Waals surface area contributed by atoms with Crippen LogP contribution in [-0.2, 0) is 0 Å². The molecule has 0 amide bonds. The van der Waals surface area contributed by atoms with Crippen molar-refractivity contribution < 1.29 is 0 Å². The Balaban J connectivity index is 1.27. The van der Waals surface area contributed by atoms with Crippen molar-refractivity contribution in [3.63, 3.8) is 0 Å². The van der Waals surface area contributed by atoms with Crippen molar-refractivity contribution >= 4 is 86.3 Å². The molecule has 0 unspecified atom stereocenters. The van der Waals surface area contributed by atoms with E-state index in [1.165, 1.54) is 70.4 Å². The van der Waals surface area contributed by atoms with E-state index >= 15 is 0 Å². The van der Waals surface area contributed by atoms with Crippen molar-refractivity contribution in [2.45, 2.75) is 0 Å². The van der Waals surface area contributed by atoms with Gasteiger partial charge in [-0.3, -0.25) is 4.57 Å². The lowest BCUT2D eigenvalue weighted by molar-refractivity contribution is 1.08. The maximum Gasteiger partial charge on any atom is 0.165 e. The minimum Gasteiger partial charge on any atom is -0.292 e. The smallest absolute Gasteiger partial charge is 0.165 e. The van der Waals surface area contributed by atoms with Gasteiger partial charge in [-0.15, -0.1) is 11.3 Å². The van der Waals surface area contributed by atoms with Gasteiger partial charge in [0.2, 0.25) is 0 Å². The van der Waals surface area contributed by atoms with Gasteiger partial charge in [-0.2, -0.15) is 0 Å². The van der Waals surface area contributed by atoms with E-state index in [-0.39, 0.29) is 0 Å². The molecule has 8 aromatic carbocycles. The number of benzene rings is 8. The monoisotopic (exact) mass is 703 g/mol. The van der Waals surface area contributed by atoms with E-state index < -0.39 is 0 Å². The fourth-order valence-corrected chi connectivity index (χ4v) is 9.87. The molecule has 4 heteroatoms. The van der Waals surface area contributed by atoms with E-state index in [0.29, 0.717) is 0 Å². The van der Waals surface area contributed by atoms with E-state index in [2.05, 4.69) is 180 Å². The van der Waals surface area contributed by atoms with Gasteiger partial charge in [0.15, 0.2) is 5.82 Å². The van der Waals surface area contributed by atoms with Gasteiger partial charge in [0.25, 0.3) is 0 Å². The zero-order chi connectivity index (χ0) is 35.3. The zero-order valence-corrected chi connectivity index (χ0v) is 29.8. The van der Waals surface area contributed by atoms with Gasteiger partial charge in [-0.1, -0.05) is 152 Å². The van der Waals surface area contributed by atoms with Crippen molar-refractivity contribution in [1.29, 1.82) is 0 Å². The van der Waals surface area contributed by atoms with Crippen LogP contribution in [-0.4, -0.2) is 14.5 Å². The van der Waals surface area contributed by atoms with Gasteiger partial charge in [-0.05, 0) is 79.2 Å². The molecule has 0 saturated heterocycles. The number of rotatable bonds is 4. The molecule has 0 fully saturated rings. The van der Waals surface area contributed by atoms with Crippen LogP contribution in [0.25, 0.3) is 92.0 Å². The summed E-state index contributed by atoms with van der Waals surface area (Å²) in [7, 11) is 0. The average Bonchev–Trinajstić information content (AvgIpc) is 3.73. The molecule has 0 radical (unpaired) electrons. The molecule has 54 heavy (non-hydrogen) atoms. The molecule has 3 aromatic heterocycles. The minimum absolute atomic E-state index is 0.837. The fraction of sp³-hybridized carbons (Fsp3) is 0. The molecule has 0 spiro atoms. The summed E-state index contributed by atoms with van der Waals surface area (Å²) in [5.41, 5.74) is 12.4. The second-order valence-corrected chi connectivity index (χ2v) is 15.1. The number of nitrogens with zero attached hydrogens (tertiary/aromatic N) is 3. The van der Waals surface area contributed by atoms with Gasteiger partial charge >= 0.3 is 0 Å². The highest BCUT2D eigenvalue weighted by molar-refractivity contribution is 7.25. The molecule has 0 aliphatic heterocycles. The number of fused-ring (bicyclic) bond motifs is 4. The molecule has 1 aliphatic rings. The number of hydrogen-bond acceptors (Lipinski definition) is 3. The molecular weight excluding hydrogens is 675 g/mol. The molecule has 1 aliphatic carbocycles. The zero-order valence-electron chi connectivity index (χ0n) is 29.0. The third-order valence-electron chi connectivity index (χ3n) is 11.1. The van der Waals surface area contributed by atoms with Crippen LogP contribution in [0.3, 0.4) is 0 Å². The predicted molar refractivity (Wildman–Crippen MR) is 228 cm³/mol. The van der Waals surface area contributed by atoms with Gasteiger partial charge in [0.05, 0.1) is 11.0 Å². The lowest BCUT2D eigenvalue weighted by Crippen LogP contribution is -2.04. The summed E-state index contributed by atoms with van der Waals surface area (Å²) in [6.07, 6.45) is 0. The van der Waals surface area contributed by atoms with Crippen LogP contribution in [0.15, 0.2) is 176 Å². The lowest BCUT2D eigenvalue weighted by Gasteiger charge is -2.19. The van der Waals surface area contributed by atoms with E-state index in [9.17, 15) is 0 Å². The SMILES string of the molecule is c1ccc(C2=C(c3ccccc3)c3cccc4c3c3c5c2cccc5ccc3n4-c2nc3c(nc2-c2ccc4ccccc4c2)sc2ccccc23)cc1. The second kappa shape index (κ2) is 11.3. The molecular formula is C50H29N3S. The van der Waals surface area contributed by atoms with Crippen molar-refractivity contribution in [2.24, 2.45) is 0 Å². The molecule has 0 saturated carbocycles. The van der Waals surface area contributed by atoms with E-state index in [1.807, 2.05) is 0 Å². The van der Waals surface area contributed by atoms with Crippen molar-refractivity contribution in [2.75, 3.05) is 0 Å². The Morgan fingerprint density at radius 2 is 1.06 bits per heavy atom. The van der Waals surface area contributed by atoms with Gasteiger partial charge in [0.1, 0.15) is 16.0 Å². The van der Waals surface area contributed by atoms with Crippen molar-refractivity contribution in [1.82, 2.24) is 14.5 Å². The highest BCUT2D eigenvalue weighted by atomic mass is 32.1. The summed E-state index contributed by atoms with van der Waals surface area (Å²) in [5.74, 6) is 0.837. The summed E-state index contributed by atoms with van der Waals surface area (Å²) in [6, 6.07) is 63.7. The third kappa shape index (κ3) is 4.17. The quantitative estimate of drug-likeness (QED) is 0.183. The largest absolute Gasteiger partial charge is 0.292 e. The molecule has 3 nitrogen and oxygen atoms in total. The number of hydrogen-bond donors (Lipinski definition) is 0. The number of thiophene rings is 1. The minimum atomic E-state index is 0.837. The van der Waals surface area contributed by atoms with E-state index in [1.54, 1.807) is 11.3 Å². The third-order valence-corrected chi connectivity index (χ3v) is 12.2.